The number of benzene rings is 1. The molecule has 4 aromatic rings. The summed E-state index contributed by atoms with van der Waals surface area (Å²) in [5.74, 6) is -0.0790. The molecule has 2 unspecified atom stereocenters. The summed E-state index contributed by atoms with van der Waals surface area (Å²) in [6, 6.07) is 14.2. The Morgan fingerprint density at radius 1 is 0.975 bits per heavy atom. The highest BCUT2D eigenvalue weighted by molar-refractivity contribution is 7.91. The third-order valence-electron chi connectivity index (χ3n) is 8.44. The first-order chi connectivity index (χ1) is 19.3. The van der Waals surface area contributed by atoms with E-state index in [1.54, 1.807) is 12.4 Å². The van der Waals surface area contributed by atoms with Crippen molar-refractivity contribution in [2.24, 2.45) is 0 Å². The molecule has 3 fully saturated rings. The quantitative estimate of drug-likeness (QED) is 0.378. The van der Waals surface area contributed by atoms with Crippen LogP contribution in [0.2, 0.25) is 0 Å². The molecule has 2 aliphatic heterocycles. The third kappa shape index (κ3) is 4.28. The number of nitrogens with one attached hydrogen (secondary N) is 1. The van der Waals surface area contributed by atoms with E-state index in [1.807, 2.05) is 47.4 Å². The zero-order chi connectivity index (χ0) is 27.6. The maximum absolute atomic E-state index is 13.0. The fourth-order valence-corrected chi connectivity index (χ4v) is 7.48. The molecule has 0 spiro atoms. The molecule has 1 aromatic carbocycles. The molecule has 3 N–H and O–H groups in total. The molecular weight excluding hydrogens is 526 g/mol. The molecule has 11 heteroatoms. The minimum atomic E-state index is -3.70. The van der Waals surface area contributed by atoms with E-state index >= 15 is 0 Å². The Balaban J connectivity index is 1.27. The number of pyridine rings is 1. The van der Waals surface area contributed by atoms with Gasteiger partial charge in [-0.05, 0) is 44.6 Å². The average molecular weight is 558 g/mol. The summed E-state index contributed by atoms with van der Waals surface area (Å²) >= 11 is 0. The van der Waals surface area contributed by atoms with Crippen LogP contribution >= 0.6 is 0 Å². The van der Waals surface area contributed by atoms with E-state index in [0.29, 0.717) is 30.2 Å². The van der Waals surface area contributed by atoms with Gasteiger partial charge in [-0.15, -0.1) is 0 Å². The lowest BCUT2D eigenvalue weighted by Gasteiger charge is -2.39. The predicted molar refractivity (Wildman–Crippen MR) is 151 cm³/mol. The predicted octanol–water partition coefficient (Wildman–Crippen LogP) is 4.03. The van der Waals surface area contributed by atoms with Crippen molar-refractivity contribution >= 4 is 27.3 Å². The average Bonchev–Trinajstić information content (AvgIpc) is 3.58. The number of carbonyl (C=O) groups excluding carboxylic acids is 1. The molecule has 3 aromatic heterocycles. The second kappa shape index (κ2) is 9.29. The van der Waals surface area contributed by atoms with Gasteiger partial charge in [-0.25, -0.2) is 18.2 Å². The number of carbonyl (C=O) groups is 1. The van der Waals surface area contributed by atoms with E-state index in [9.17, 15) is 13.2 Å². The highest BCUT2D eigenvalue weighted by atomic mass is 32.2. The molecule has 3 aliphatic rings. The molecule has 206 valence electrons. The minimum absolute atomic E-state index is 0.00392. The number of nitrogens with zero attached hydrogens (tertiary/aromatic N) is 5. The van der Waals surface area contributed by atoms with Gasteiger partial charge in [0.1, 0.15) is 10.7 Å². The summed E-state index contributed by atoms with van der Waals surface area (Å²) in [7, 11) is -3.70. The molecule has 2 atom stereocenters. The molecule has 0 radical (unpaired) electrons. The summed E-state index contributed by atoms with van der Waals surface area (Å²) in [6.07, 6.45) is 9.78. The molecule has 2 saturated heterocycles. The van der Waals surface area contributed by atoms with Gasteiger partial charge in [-0.1, -0.05) is 36.4 Å². The zero-order valence-corrected chi connectivity index (χ0v) is 23.0. The molecule has 1 saturated carbocycles. The van der Waals surface area contributed by atoms with Crippen molar-refractivity contribution in [2.75, 3.05) is 12.0 Å². The Kier molecular flexibility index (Phi) is 5.81. The van der Waals surface area contributed by atoms with Crippen LogP contribution in [0.1, 0.15) is 50.1 Å². The number of hydrogen-bond donors (Lipinski definition) is 2. The van der Waals surface area contributed by atoms with Crippen molar-refractivity contribution in [3.05, 3.63) is 60.6 Å². The molecule has 10 nitrogen and oxygen atoms in total. The number of nitrogens with two attached hydrogens (primary N) is 1. The maximum atomic E-state index is 13.0. The van der Waals surface area contributed by atoms with Crippen LogP contribution in [0.3, 0.4) is 0 Å². The summed E-state index contributed by atoms with van der Waals surface area (Å²) in [6.45, 7) is 0. The Hall–Kier alpha value is -3.99. The number of anilines is 1. The lowest BCUT2D eigenvalue weighted by Crippen LogP contribution is -2.51. The standard InChI is InChI=1S/C29H31N7O3S/c1-40(38,39)26-25(19-13-21-10-11-22(14-19)35(21)29(37)33-20-8-9-20)34-28-23(16-32-36(28)27(26)30)18-7-12-24(31-15-18)17-5-3-2-4-6-17/h2-7,12,15-16,19-22H,8-11,13-14,30H2,1H3,(H,33,37). The molecule has 5 heterocycles. The lowest BCUT2D eigenvalue weighted by molar-refractivity contribution is 0.136. The van der Waals surface area contributed by atoms with Crippen LogP contribution in [-0.4, -0.2) is 63.3 Å². The number of aromatic nitrogens is 4. The van der Waals surface area contributed by atoms with E-state index in [4.69, 9.17) is 10.7 Å². The fourth-order valence-electron chi connectivity index (χ4n) is 6.42. The van der Waals surface area contributed by atoms with E-state index in [1.165, 1.54) is 10.8 Å². The first-order valence-electron chi connectivity index (χ1n) is 13.8. The van der Waals surface area contributed by atoms with Crippen LogP contribution in [0.15, 0.2) is 59.8 Å². The van der Waals surface area contributed by atoms with Crippen molar-refractivity contribution in [3.8, 4) is 22.4 Å². The van der Waals surface area contributed by atoms with Crippen LogP contribution in [0.25, 0.3) is 28.0 Å². The second-order valence-electron chi connectivity index (χ2n) is 11.3. The van der Waals surface area contributed by atoms with Gasteiger partial charge in [0.05, 0.1) is 17.6 Å². The first-order valence-corrected chi connectivity index (χ1v) is 15.6. The number of nitrogen functional groups attached to an aromatic ring is 1. The van der Waals surface area contributed by atoms with Gasteiger partial charge in [0.15, 0.2) is 15.5 Å². The molecule has 7 rings (SSSR count). The van der Waals surface area contributed by atoms with Gasteiger partial charge in [0.2, 0.25) is 0 Å². The summed E-state index contributed by atoms with van der Waals surface area (Å²) < 4.78 is 27.5. The van der Waals surface area contributed by atoms with Gasteiger partial charge >= 0.3 is 6.03 Å². The Morgan fingerprint density at radius 3 is 2.33 bits per heavy atom. The summed E-state index contributed by atoms with van der Waals surface area (Å²) in [4.78, 5) is 24.6. The second-order valence-corrected chi connectivity index (χ2v) is 13.2. The molecule has 2 bridgehead atoms. The van der Waals surface area contributed by atoms with Crippen LogP contribution in [-0.2, 0) is 9.84 Å². The fraction of sp³-hybridized carbons (Fsp3) is 0.379. The molecule has 40 heavy (non-hydrogen) atoms. The van der Waals surface area contributed by atoms with Gasteiger partial charge in [-0.3, -0.25) is 4.98 Å². The van der Waals surface area contributed by atoms with E-state index in [0.717, 1.165) is 48.1 Å². The van der Waals surface area contributed by atoms with Crippen LogP contribution < -0.4 is 11.1 Å². The van der Waals surface area contributed by atoms with E-state index in [-0.39, 0.29) is 34.7 Å². The van der Waals surface area contributed by atoms with Gasteiger partial charge in [-0.2, -0.15) is 9.61 Å². The first kappa shape index (κ1) is 25.0. The highest BCUT2D eigenvalue weighted by Crippen LogP contribution is 2.45. The van der Waals surface area contributed by atoms with Crippen molar-refractivity contribution in [1.82, 2.24) is 29.8 Å². The molecule has 1 aliphatic carbocycles. The van der Waals surface area contributed by atoms with Crippen molar-refractivity contribution in [3.63, 3.8) is 0 Å². The number of piperidine rings is 1. The Morgan fingerprint density at radius 2 is 1.70 bits per heavy atom. The number of rotatable bonds is 5. The smallest absolute Gasteiger partial charge is 0.318 e. The minimum Gasteiger partial charge on any atom is -0.382 e. The normalized spacial score (nSPS) is 22.5. The van der Waals surface area contributed by atoms with Crippen LogP contribution in [0, 0.1) is 0 Å². The number of fused-ring (bicyclic) bond motifs is 3. The number of hydrogen-bond acceptors (Lipinski definition) is 7. The van der Waals surface area contributed by atoms with Gasteiger partial charge in [0.25, 0.3) is 0 Å². The SMILES string of the molecule is CS(=O)(=O)c1c(C2CC3CCC(C2)N3C(=O)NC2CC2)nc2c(-c3ccc(-c4ccccc4)nc3)cnn2c1N. The van der Waals surface area contributed by atoms with Crippen molar-refractivity contribution in [1.29, 1.82) is 0 Å². The number of urea groups is 1. The number of amides is 2. The summed E-state index contributed by atoms with van der Waals surface area (Å²) in [5, 5.41) is 7.54. The van der Waals surface area contributed by atoms with Crippen molar-refractivity contribution in [2.45, 2.75) is 67.5 Å². The molecule has 2 amide bonds. The van der Waals surface area contributed by atoms with Crippen LogP contribution in [0.4, 0.5) is 10.6 Å². The third-order valence-corrected chi connectivity index (χ3v) is 9.60. The maximum Gasteiger partial charge on any atom is 0.318 e. The van der Waals surface area contributed by atoms with E-state index < -0.39 is 9.84 Å². The number of sulfone groups is 1. The molecular formula is C29H31N7O3S. The van der Waals surface area contributed by atoms with E-state index in [2.05, 4.69) is 15.4 Å². The lowest BCUT2D eigenvalue weighted by atomic mass is 9.88. The van der Waals surface area contributed by atoms with Crippen LogP contribution in [0.5, 0.6) is 0 Å². The Bertz CT molecular complexity index is 1700. The van der Waals surface area contributed by atoms with Crippen molar-refractivity contribution < 1.29 is 13.2 Å². The Labute approximate surface area is 232 Å². The zero-order valence-electron chi connectivity index (χ0n) is 22.2. The topological polar surface area (TPSA) is 136 Å². The van der Waals surface area contributed by atoms with Gasteiger partial charge < -0.3 is 16.0 Å². The highest BCUT2D eigenvalue weighted by Gasteiger charge is 2.46. The monoisotopic (exact) mass is 557 g/mol. The largest absolute Gasteiger partial charge is 0.382 e. The summed E-state index contributed by atoms with van der Waals surface area (Å²) in [5.41, 5.74) is 10.9. The van der Waals surface area contributed by atoms with Gasteiger partial charge in [0, 0.05) is 53.2 Å².